The Labute approximate surface area is 160 Å². The molecule has 4 rings (SSSR count). The van der Waals surface area contributed by atoms with Crippen molar-refractivity contribution in [2.75, 3.05) is 18.5 Å². The molecular formula is C18H21N7O3. The third-order valence-electron chi connectivity index (χ3n) is 4.98. The average molecular weight is 383 g/mol. The van der Waals surface area contributed by atoms with Gasteiger partial charge in [-0.2, -0.15) is 4.98 Å². The van der Waals surface area contributed by atoms with E-state index < -0.39 is 5.91 Å². The molecule has 3 aromatic heterocycles. The first kappa shape index (κ1) is 18.1. The van der Waals surface area contributed by atoms with Gasteiger partial charge >= 0.3 is 5.69 Å². The van der Waals surface area contributed by atoms with E-state index in [0.717, 1.165) is 18.4 Å². The highest BCUT2D eigenvalue weighted by Crippen LogP contribution is 2.24. The number of nitrogens with two attached hydrogens (primary N) is 1. The summed E-state index contributed by atoms with van der Waals surface area (Å²) in [5, 5.41) is 3.05. The van der Waals surface area contributed by atoms with Gasteiger partial charge < -0.3 is 15.8 Å². The zero-order chi connectivity index (χ0) is 19.8. The lowest BCUT2D eigenvalue weighted by Gasteiger charge is -2.22. The van der Waals surface area contributed by atoms with Crippen LogP contribution in [0.4, 0.5) is 11.8 Å². The van der Waals surface area contributed by atoms with Gasteiger partial charge in [-0.3, -0.25) is 13.9 Å². The number of anilines is 2. The van der Waals surface area contributed by atoms with Gasteiger partial charge in [-0.1, -0.05) is 0 Å². The highest BCUT2D eigenvalue weighted by atomic mass is 16.5. The van der Waals surface area contributed by atoms with E-state index in [1.165, 1.54) is 6.20 Å². The van der Waals surface area contributed by atoms with Crippen molar-refractivity contribution in [1.82, 2.24) is 24.1 Å². The van der Waals surface area contributed by atoms with Crippen LogP contribution < -0.4 is 16.7 Å². The maximum absolute atomic E-state index is 12.8. The first-order valence-electron chi connectivity index (χ1n) is 9.01. The molecule has 1 saturated heterocycles. The molecule has 0 saturated carbocycles. The number of carbonyl (C=O) groups excluding carboxylic acids is 1. The van der Waals surface area contributed by atoms with Crippen molar-refractivity contribution < 1.29 is 9.53 Å². The summed E-state index contributed by atoms with van der Waals surface area (Å²) in [6.45, 7) is 3.05. The molecule has 4 heterocycles. The third-order valence-corrected chi connectivity index (χ3v) is 4.98. The van der Waals surface area contributed by atoms with E-state index in [0.29, 0.717) is 41.7 Å². The van der Waals surface area contributed by atoms with Crippen molar-refractivity contribution in [2.45, 2.75) is 25.8 Å². The van der Waals surface area contributed by atoms with Crippen LogP contribution in [0.25, 0.3) is 11.2 Å². The Morgan fingerprint density at radius 1 is 1.29 bits per heavy atom. The van der Waals surface area contributed by atoms with Gasteiger partial charge in [0.2, 0.25) is 11.9 Å². The lowest BCUT2D eigenvalue weighted by Crippen LogP contribution is -2.30. The fourth-order valence-corrected chi connectivity index (χ4v) is 3.41. The Kier molecular flexibility index (Phi) is 4.55. The molecule has 0 unspecified atom stereocenters. The molecule has 0 bridgehead atoms. The predicted octanol–water partition coefficient (Wildman–Crippen LogP) is 1.03. The highest BCUT2D eigenvalue weighted by molar-refractivity contribution is 5.93. The van der Waals surface area contributed by atoms with Gasteiger partial charge in [0, 0.05) is 32.5 Å². The van der Waals surface area contributed by atoms with Crippen molar-refractivity contribution in [1.29, 1.82) is 0 Å². The maximum Gasteiger partial charge on any atom is 0.330 e. The van der Waals surface area contributed by atoms with Gasteiger partial charge in [0.25, 0.3) is 0 Å². The Balaban J connectivity index is 1.73. The van der Waals surface area contributed by atoms with Gasteiger partial charge in [0.05, 0.1) is 11.8 Å². The number of primary amides is 1. The second-order valence-electron chi connectivity index (χ2n) is 6.84. The molecule has 1 amide bonds. The summed E-state index contributed by atoms with van der Waals surface area (Å²) in [7, 11) is 1.71. The first-order valence-corrected chi connectivity index (χ1v) is 9.01. The summed E-state index contributed by atoms with van der Waals surface area (Å²) in [5.74, 6) is 0.297. The van der Waals surface area contributed by atoms with Crippen molar-refractivity contribution in [3.8, 4) is 0 Å². The van der Waals surface area contributed by atoms with Gasteiger partial charge in [0.15, 0.2) is 5.65 Å². The van der Waals surface area contributed by atoms with Crippen molar-refractivity contribution in [2.24, 2.45) is 12.8 Å². The predicted molar refractivity (Wildman–Crippen MR) is 103 cm³/mol. The number of aromatic nitrogens is 5. The smallest absolute Gasteiger partial charge is 0.330 e. The summed E-state index contributed by atoms with van der Waals surface area (Å²) in [6.07, 6.45) is 4.55. The monoisotopic (exact) mass is 383 g/mol. The zero-order valence-corrected chi connectivity index (χ0v) is 15.7. The lowest BCUT2D eigenvalue weighted by atomic mass is 10.1. The minimum atomic E-state index is -0.537. The number of ether oxygens (including phenoxy) is 1. The zero-order valence-electron chi connectivity index (χ0n) is 15.7. The Bertz CT molecular complexity index is 1110. The maximum atomic E-state index is 12.8. The van der Waals surface area contributed by atoms with Gasteiger partial charge in [0.1, 0.15) is 11.3 Å². The number of pyridine rings is 1. The number of fused-ring (bicyclic) bond motifs is 1. The number of hydrogen-bond acceptors (Lipinski definition) is 7. The van der Waals surface area contributed by atoms with E-state index >= 15 is 0 Å². The highest BCUT2D eigenvalue weighted by Gasteiger charge is 2.23. The number of nitrogens with one attached hydrogen (secondary N) is 1. The van der Waals surface area contributed by atoms with Crippen LogP contribution in [0.2, 0.25) is 0 Å². The van der Waals surface area contributed by atoms with E-state index in [-0.39, 0.29) is 11.7 Å². The average Bonchev–Trinajstić information content (AvgIpc) is 2.94. The standard InChI is InChI=1S/C18H21N7O3/c1-10-7-11(14(19)26)8-20-15(10)22-17-21-9-13-16(23-17)25(18(27)24(13)2)12-3-5-28-6-4-12/h7-9,12H,3-6H2,1-2H3,(H2,19,26)(H,20,21,22,23). The fourth-order valence-electron chi connectivity index (χ4n) is 3.41. The molecule has 0 spiro atoms. The lowest BCUT2D eigenvalue weighted by molar-refractivity contribution is 0.0695. The molecule has 1 aliphatic heterocycles. The first-order chi connectivity index (χ1) is 13.5. The SMILES string of the molecule is Cc1cc(C(N)=O)cnc1Nc1ncc2c(n1)n(C1CCOCC1)c(=O)n2C. The number of aryl methyl sites for hydroxylation is 2. The molecule has 146 valence electrons. The molecule has 3 aromatic rings. The molecule has 1 aliphatic rings. The number of amides is 1. The minimum Gasteiger partial charge on any atom is -0.381 e. The summed E-state index contributed by atoms with van der Waals surface area (Å²) in [4.78, 5) is 37.1. The quantitative estimate of drug-likeness (QED) is 0.688. The number of nitrogens with zero attached hydrogens (tertiary/aromatic N) is 5. The van der Waals surface area contributed by atoms with Crippen LogP contribution in [0.15, 0.2) is 23.3 Å². The number of carbonyl (C=O) groups is 1. The molecule has 10 heteroatoms. The van der Waals surface area contributed by atoms with Gasteiger partial charge in [-0.15, -0.1) is 0 Å². The molecule has 0 atom stereocenters. The van der Waals surface area contributed by atoms with Crippen LogP contribution in [-0.2, 0) is 11.8 Å². The molecule has 3 N–H and O–H groups in total. The Morgan fingerprint density at radius 2 is 2.04 bits per heavy atom. The summed E-state index contributed by atoms with van der Waals surface area (Å²) in [6, 6.07) is 1.69. The van der Waals surface area contributed by atoms with E-state index in [1.54, 1.807) is 35.4 Å². The molecule has 10 nitrogen and oxygen atoms in total. The topological polar surface area (TPSA) is 130 Å². The minimum absolute atomic E-state index is 0.0439. The van der Waals surface area contributed by atoms with Crippen molar-refractivity contribution in [3.63, 3.8) is 0 Å². The number of hydrogen-bond donors (Lipinski definition) is 2. The van der Waals surface area contributed by atoms with Crippen LogP contribution in [0.3, 0.4) is 0 Å². The summed E-state index contributed by atoms with van der Waals surface area (Å²) < 4.78 is 8.69. The Hall–Kier alpha value is -3.27. The molecule has 1 fully saturated rings. The van der Waals surface area contributed by atoms with E-state index in [2.05, 4.69) is 20.3 Å². The van der Waals surface area contributed by atoms with Gasteiger partial charge in [-0.25, -0.2) is 14.8 Å². The van der Waals surface area contributed by atoms with Crippen molar-refractivity contribution >= 4 is 28.8 Å². The second kappa shape index (κ2) is 7.04. The molecule has 0 aromatic carbocycles. The summed E-state index contributed by atoms with van der Waals surface area (Å²) in [5.41, 5.74) is 7.46. The van der Waals surface area contributed by atoms with Gasteiger partial charge in [-0.05, 0) is 31.4 Å². The Morgan fingerprint density at radius 3 is 2.71 bits per heavy atom. The van der Waals surface area contributed by atoms with E-state index in [4.69, 9.17) is 10.5 Å². The summed E-state index contributed by atoms with van der Waals surface area (Å²) >= 11 is 0. The van der Waals surface area contributed by atoms with Crippen LogP contribution in [0, 0.1) is 6.92 Å². The van der Waals surface area contributed by atoms with E-state index in [9.17, 15) is 9.59 Å². The fraction of sp³-hybridized carbons (Fsp3) is 0.389. The normalized spacial score (nSPS) is 15.1. The molecule has 28 heavy (non-hydrogen) atoms. The third kappa shape index (κ3) is 3.11. The molecule has 0 aliphatic carbocycles. The van der Waals surface area contributed by atoms with Crippen LogP contribution >= 0.6 is 0 Å². The van der Waals surface area contributed by atoms with Crippen LogP contribution in [0.1, 0.15) is 34.8 Å². The largest absolute Gasteiger partial charge is 0.381 e. The number of rotatable bonds is 4. The molecular weight excluding hydrogens is 362 g/mol. The van der Waals surface area contributed by atoms with E-state index in [1.807, 2.05) is 0 Å². The van der Waals surface area contributed by atoms with Crippen LogP contribution in [0.5, 0.6) is 0 Å². The number of imidazole rings is 1. The second-order valence-corrected chi connectivity index (χ2v) is 6.84. The van der Waals surface area contributed by atoms with Crippen molar-refractivity contribution in [3.05, 3.63) is 40.1 Å². The van der Waals surface area contributed by atoms with Crippen LogP contribution in [-0.4, -0.2) is 43.2 Å². The molecule has 0 radical (unpaired) electrons.